The molecule has 13 heteroatoms. The van der Waals surface area contributed by atoms with E-state index in [1.807, 2.05) is 46.7 Å². The second kappa shape index (κ2) is 14.5. The predicted molar refractivity (Wildman–Crippen MR) is 158 cm³/mol. The van der Waals surface area contributed by atoms with E-state index in [0.29, 0.717) is 17.1 Å². The summed E-state index contributed by atoms with van der Waals surface area (Å²) in [4.78, 5) is 31.1. The molecule has 0 bridgehead atoms. The van der Waals surface area contributed by atoms with Crippen LogP contribution in [0.4, 0.5) is 10.5 Å². The molecule has 0 aliphatic heterocycles. The molecule has 0 aliphatic rings. The Kier molecular flexibility index (Phi) is 11.2. The van der Waals surface area contributed by atoms with Gasteiger partial charge in [0, 0.05) is 22.8 Å². The van der Waals surface area contributed by atoms with Crippen molar-refractivity contribution >= 4 is 56.0 Å². The Morgan fingerprint density at radius 3 is 2.40 bits per heavy atom. The molecule has 2 atom stereocenters. The SMILES string of the molecule is C#C/C=C(\SC)c1csc([C@H](Cc2ccc(NS(=O)(=O)O)cc2)NC(=O)[C@H](Cc2ccccc2)NC(=O)OC)n1. The molecule has 10 nitrogen and oxygen atoms in total. The first-order valence-corrected chi connectivity index (χ1v) is 15.3. The van der Waals surface area contributed by atoms with Gasteiger partial charge in [0.15, 0.2) is 0 Å². The van der Waals surface area contributed by atoms with Crippen molar-refractivity contribution in [3.05, 3.63) is 87.9 Å². The Morgan fingerprint density at radius 2 is 1.80 bits per heavy atom. The fourth-order valence-electron chi connectivity index (χ4n) is 3.70. The van der Waals surface area contributed by atoms with E-state index in [9.17, 15) is 18.0 Å². The maximum atomic E-state index is 13.5. The van der Waals surface area contributed by atoms with Gasteiger partial charge < -0.3 is 15.4 Å². The molecule has 0 saturated heterocycles. The Hall–Kier alpha value is -3.83. The van der Waals surface area contributed by atoms with Gasteiger partial charge in [-0.1, -0.05) is 48.4 Å². The first-order chi connectivity index (χ1) is 19.1. The summed E-state index contributed by atoms with van der Waals surface area (Å²) >= 11 is 2.80. The maximum Gasteiger partial charge on any atom is 0.407 e. The number of nitrogens with zero attached hydrogens (tertiary/aromatic N) is 1. The van der Waals surface area contributed by atoms with E-state index in [2.05, 4.69) is 16.6 Å². The number of allylic oxidation sites excluding steroid dienone is 1. The van der Waals surface area contributed by atoms with Gasteiger partial charge in [0.05, 0.1) is 24.5 Å². The molecule has 0 saturated carbocycles. The van der Waals surface area contributed by atoms with Crippen molar-refractivity contribution in [1.29, 1.82) is 0 Å². The number of ether oxygens (including phenoxy) is 1. The Labute approximate surface area is 241 Å². The van der Waals surface area contributed by atoms with Gasteiger partial charge in [-0.2, -0.15) is 8.42 Å². The van der Waals surface area contributed by atoms with Crippen LogP contribution >= 0.6 is 23.1 Å². The van der Waals surface area contributed by atoms with E-state index in [4.69, 9.17) is 20.7 Å². The van der Waals surface area contributed by atoms with Gasteiger partial charge in [0.25, 0.3) is 0 Å². The molecule has 3 aromatic rings. The van der Waals surface area contributed by atoms with Crippen LogP contribution in [0.25, 0.3) is 4.91 Å². The van der Waals surface area contributed by atoms with Gasteiger partial charge >= 0.3 is 16.4 Å². The first kappa shape index (κ1) is 30.7. The zero-order valence-electron chi connectivity index (χ0n) is 21.7. The second-order valence-corrected chi connectivity index (χ2v) is 11.3. The third-order valence-corrected chi connectivity index (χ3v) is 7.76. The van der Waals surface area contributed by atoms with Gasteiger partial charge in [-0.25, -0.2) is 9.78 Å². The molecule has 2 amide bonds. The number of thiazole rings is 1. The standard InChI is InChI=1S/C27H28N4O6S3/c1-4-8-24(38-3)23-17-39-26(29-23)22(16-19-11-13-20(14-12-19)31-40(34,35)36)28-25(32)21(30-27(33)37-2)15-18-9-6-5-7-10-18/h1,5-14,17,21-22,31H,15-16H2,2-3H3,(H,28,32)(H,30,33)(H,34,35,36)/b24-8-/t21-,22-/m0/s1. The number of benzene rings is 2. The van der Waals surface area contributed by atoms with E-state index in [-0.39, 0.29) is 12.1 Å². The fourth-order valence-corrected chi connectivity index (χ4v) is 5.58. The summed E-state index contributed by atoms with van der Waals surface area (Å²) in [6.07, 6.45) is 8.75. The Morgan fingerprint density at radius 1 is 1.12 bits per heavy atom. The number of amides is 2. The fraction of sp³-hybridized carbons (Fsp3) is 0.222. The molecular formula is C27H28N4O6S3. The first-order valence-electron chi connectivity index (χ1n) is 11.8. The summed E-state index contributed by atoms with van der Waals surface area (Å²) in [6, 6.07) is 14.0. The molecule has 0 unspecified atom stereocenters. The zero-order valence-corrected chi connectivity index (χ0v) is 24.1. The van der Waals surface area contributed by atoms with E-state index in [1.54, 1.807) is 18.2 Å². The van der Waals surface area contributed by atoms with E-state index >= 15 is 0 Å². The van der Waals surface area contributed by atoms with Crippen molar-refractivity contribution in [2.45, 2.75) is 24.9 Å². The Bertz CT molecular complexity index is 1480. The van der Waals surface area contributed by atoms with Gasteiger partial charge in [-0.05, 0) is 35.9 Å². The molecule has 0 aliphatic carbocycles. The summed E-state index contributed by atoms with van der Waals surface area (Å²) < 4.78 is 38.0. The largest absolute Gasteiger partial charge is 0.453 e. The van der Waals surface area contributed by atoms with Crippen LogP contribution in [0, 0.1) is 12.3 Å². The third kappa shape index (κ3) is 9.42. The van der Waals surface area contributed by atoms with E-state index < -0.39 is 34.4 Å². The average Bonchev–Trinajstić information content (AvgIpc) is 3.41. The van der Waals surface area contributed by atoms with Crippen LogP contribution in [0.5, 0.6) is 0 Å². The lowest BCUT2D eigenvalue weighted by molar-refractivity contribution is -0.123. The van der Waals surface area contributed by atoms with Crippen LogP contribution < -0.4 is 15.4 Å². The number of carbonyl (C=O) groups excluding carboxylic acids is 2. The van der Waals surface area contributed by atoms with Crippen molar-refractivity contribution < 1.29 is 27.3 Å². The molecule has 40 heavy (non-hydrogen) atoms. The highest BCUT2D eigenvalue weighted by molar-refractivity contribution is 8.07. The van der Waals surface area contributed by atoms with Crippen LogP contribution in [0.15, 0.2) is 66.1 Å². The van der Waals surface area contributed by atoms with Crippen LogP contribution in [-0.4, -0.2) is 49.4 Å². The van der Waals surface area contributed by atoms with Gasteiger partial charge in [-0.15, -0.1) is 29.5 Å². The summed E-state index contributed by atoms with van der Waals surface area (Å²) in [7, 11) is -3.19. The lowest BCUT2D eigenvalue weighted by atomic mass is 10.0. The maximum absolute atomic E-state index is 13.5. The van der Waals surface area contributed by atoms with E-state index in [0.717, 1.165) is 16.0 Å². The smallest absolute Gasteiger partial charge is 0.407 e. The molecule has 1 aromatic heterocycles. The highest BCUT2D eigenvalue weighted by atomic mass is 32.2. The summed E-state index contributed by atoms with van der Waals surface area (Å²) in [5.41, 5.74) is 2.45. The lowest BCUT2D eigenvalue weighted by Gasteiger charge is -2.22. The molecular weight excluding hydrogens is 573 g/mol. The van der Waals surface area contributed by atoms with Crippen molar-refractivity contribution in [3.63, 3.8) is 0 Å². The number of terminal acetylenes is 1. The normalized spacial score (nSPS) is 13.0. The van der Waals surface area contributed by atoms with Crippen molar-refractivity contribution in [2.24, 2.45) is 0 Å². The summed E-state index contributed by atoms with van der Waals surface area (Å²) in [6.45, 7) is 0. The van der Waals surface area contributed by atoms with Crippen LogP contribution in [0.3, 0.4) is 0 Å². The number of aromatic nitrogens is 1. The van der Waals surface area contributed by atoms with E-state index in [1.165, 1.54) is 42.3 Å². The Balaban J connectivity index is 1.91. The molecule has 0 radical (unpaired) electrons. The monoisotopic (exact) mass is 600 g/mol. The molecule has 1 heterocycles. The number of anilines is 1. The minimum absolute atomic E-state index is 0.178. The minimum Gasteiger partial charge on any atom is -0.453 e. The highest BCUT2D eigenvalue weighted by Gasteiger charge is 2.27. The predicted octanol–water partition coefficient (Wildman–Crippen LogP) is 4.06. The minimum atomic E-state index is -4.41. The summed E-state index contributed by atoms with van der Waals surface area (Å²) in [5, 5.41) is 8.06. The molecule has 3 rings (SSSR count). The number of rotatable bonds is 12. The summed E-state index contributed by atoms with van der Waals surface area (Å²) in [5.74, 6) is 2.06. The number of nitrogens with one attached hydrogen (secondary N) is 3. The van der Waals surface area contributed by atoms with Gasteiger partial charge in [-0.3, -0.25) is 14.1 Å². The molecule has 2 aromatic carbocycles. The van der Waals surface area contributed by atoms with Crippen molar-refractivity contribution in [2.75, 3.05) is 18.1 Å². The van der Waals surface area contributed by atoms with Gasteiger partial charge in [0.2, 0.25) is 5.91 Å². The van der Waals surface area contributed by atoms with Crippen LogP contribution in [-0.2, 0) is 32.7 Å². The molecule has 0 fully saturated rings. The third-order valence-electron chi connectivity index (χ3n) is 5.54. The number of thioether (sulfide) groups is 1. The van der Waals surface area contributed by atoms with Crippen LogP contribution in [0.1, 0.15) is 27.9 Å². The number of alkyl carbamates (subject to hydrolysis) is 1. The molecule has 4 N–H and O–H groups in total. The number of methoxy groups -OCH3 is 1. The second-order valence-electron chi connectivity index (χ2n) is 8.37. The molecule has 210 valence electrons. The average molecular weight is 601 g/mol. The quantitative estimate of drug-likeness (QED) is 0.180. The number of hydrogen-bond donors (Lipinski definition) is 4. The number of carbonyl (C=O) groups is 2. The zero-order chi connectivity index (χ0) is 29.1. The topological polar surface area (TPSA) is 147 Å². The van der Waals surface area contributed by atoms with Crippen molar-refractivity contribution in [3.8, 4) is 12.3 Å². The lowest BCUT2D eigenvalue weighted by Crippen LogP contribution is -2.49. The van der Waals surface area contributed by atoms with Crippen LogP contribution in [0.2, 0.25) is 0 Å². The van der Waals surface area contributed by atoms with Crippen molar-refractivity contribution in [1.82, 2.24) is 15.6 Å². The van der Waals surface area contributed by atoms with Gasteiger partial charge in [0.1, 0.15) is 11.0 Å². The highest BCUT2D eigenvalue weighted by Crippen LogP contribution is 2.30. The number of hydrogen-bond acceptors (Lipinski definition) is 8. The molecule has 0 spiro atoms.